The van der Waals surface area contributed by atoms with Crippen molar-refractivity contribution in [2.24, 2.45) is 0 Å². The van der Waals surface area contributed by atoms with Crippen molar-refractivity contribution in [3.63, 3.8) is 0 Å². The van der Waals surface area contributed by atoms with E-state index >= 15 is 0 Å². The SMILES string of the molecule is CC(=O)c1ccc(S(=O)(=O)N2CCN(c3ccc(-c4ccco4)nn3)CC2)cc1. The number of hydrogen-bond acceptors (Lipinski definition) is 7. The Morgan fingerprint density at radius 3 is 2.24 bits per heavy atom. The third kappa shape index (κ3) is 3.92. The number of rotatable bonds is 5. The number of hydrogen-bond donors (Lipinski definition) is 0. The van der Waals surface area contributed by atoms with Gasteiger partial charge in [0.1, 0.15) is 5.69 Å². The lowest BCUT2D eigenvalue weighted by molar-refractivity contribution is 0.101. The van der Waals surface area contributed by atoms with Gasteiger partial charge < -0.3 is 9.32 Å². The average molecular weight is 412 g/mol. The summed E-state index contributed by atoms with van der Waals surface area (Å²) >= 11 is 0. The van der Waals surface area contributed by atoms with Crippen molar-refractivity contribution in [3.8, 4) is 11.5 Å². The van der Waals surface area contributed by atoms with Crippen LogP contribution in [0.15, 0.2) is 64.1 Å². The van der Waals surface area contributed by atoms with Gasteiger partial charge in [0, 0.05) is 31.7 Å². The van der Waals surface area contributed by atoms with Crippen LogP contribution in [0.3, 0.4) is 0 Å². The molecule has 1 aliphatic rings. The molecule has 1 aromatic carbocycles. The lowest BCUT2D eigenvalue weighted by atomic mass is 10.2. The number of Topliss-reactive ketones (excluding diaryl/α,β-unsaturated/α-hetero) is 1. The molecule has 150 valence electrons. The fraction of sp³-hybridized carbons (Fsp3) is 0.250. The van der Waals surface area contributed by atoms with E-state index in [-0.39, 0.29) is 10.7 Å². The molecule has 29 heavy (non-hydrogen) atoms. The Kier molecular flexibility index (Phi) is 5.16. The number of piperazine rings is 1. The summed E-state index contributed by atoms with van der Waals surface area (Å²) in [6.45, 7) is 3.17. The summed E-state index contributed by atoms with van der Waals surface area (Å²) < 4.78 is 32.5. The molecule has 9 heteroatoms. The second-order valence-electron chi connectivity index (χ2n) is 6.73. The normalized spacial score (nSPS) is 15.4. The van der Waals surface area contributed by atoms with Crippen LogP contribution in [0.2, 0.25) is 0 Å². The quantitative estimate of drug-likeness (QED) is 0.594. The van der Waals surface area contributed by atoms with Crippen molar-refractivity contribution >= 4 is 21.6 Å². The first-order valence-corrected chi connectivity index (χ1v) is 10.6. The van der Waals surface area contributed by atoms with Gasteiger partial charge in [-0.1, -0.05) is 12.1 Å². The first-order chi connectivity index (χ1) is 13.9. The third-order valence-electron chi connectivity index (χ3n) is 4.89. The van der Waals surface area contributed by atoms with Crippen molar-refractivity contribution in [1.29, 1.82) is 0 Å². The second-order valence-corrected chi connectivity index (χ2v) is 8.66. The summed E-state index contributed by atoms with van der Waals surface area (Å²) in [6.07, 6.45) is 1.58. The van der Waals surface area contributed by atoms with Crippen LogP contribution in [0.1, 0.15) is 17.3 Å². The van der Waals surface area contributed by atoms with Gasteiger partial charge in [0.15, 0.2) is 17.4 Å². The minimum atomic E-state index is -3.60. The molecule has 4 rings (SSSR count). The fourth-order valence-electron chi connectivity index (χ4n) is 3.22. The van der Waals surface area contributed by atoms with Gasteiger partial charge in [-0.05, 0) is 43.3 Å². The maximum Gasteiger partial charge on any atom is 0.243 e. The van der Waals surface area contributed by atoms with Crippen LogP contribution in [-0.4, -0.2) is 54.9 Å². The van der Waals surface area contributed by atoms with Crippen LogP contribution in [0.4, 0.5) is 5.82 Å². The summed E-state index contributed by atoms with van der Waals surface area (Å²) in [5.41, 5.74) is 1.14. The number of sulfonamides is 1. The Labute approximate surface area is 168 Å². The number of nitrogens with zero attached hydrogens (tertiary/aromatic N) is 4. The lowest BCUT2D eigenvalue weighted by Gasteiger charge is -2.34. The summed E-state index contributed by atoms with van der Waals surface area (Å²) in [7, 11) is -3.60. The number of carbonyl (C=O) groups is 1. The second kappa shape index (κ2) is 7.76. The molecule has 0 atom stereocenters. The Hall–Kier alpha value is -3.04. The molecular formula is C20H20N4O4S. The summed E-state index contributed by atoms with van der Waals surface area (Å²) in [5, 5.41) is 8.44. The maximum absolute atomic E-state index is 12.9. The van der Waals surface area contributed by atoms with Gasteiger partial charge in [-0.15, -0.1) is 10.2 Å². The predicted molar refractivity (Wildman–Crippen MR) is 107 cm³/mol. The van der Waals surface area contributed by atoms with Gasteiger partial charge in [0.25, 0.3) is 0 Å². The smallest absolute Gasteiger partial charge is 0.243 e. The molecule has 3 aromatic rings. The topological polar surface area (TPSA) is 96.6 Å². The van der Waals surface area contributed by atoms with Crippen LogP contribution < -0.4 is 4.90 Å². The van der Waals surface area contributed by atoms with Crippen molar-refractivity contribution < 1.29 is 17.6 Å². The number of carbonyl (C=O) groups excluding carboxylic acids is 1. The number of ketones is 1. The zero-order valence-electron chi connectivity index (χ0n) is 15.9. The van der Waals surface area contributed by atoms with Gasteiger partial charge in [-0.2, -0.15) is 4.31 Å². The Balaban J connectivity index is 1.42. The molecular weight excluding hydrogens is 392 g/mol. The monoisotopic (exact) mass is 412 g/mol. The molecule has 1 saturated heterocycles. The molecule has 2 aromatic heterocycles. The number of furan rings is 1. The highest BCUT2D eigenvalue weighted by Crippen LogP contribution is 2.22. The summed E-state index contributed by atoms with van der Waals surface area (Å²) in [5.74, 6) is 1.25. The largest absolute Gasteiger partial charge is 0.463 e. The van der Waals surface area contributed by atoms with Crippen LogP contribution in [0.5, 0.6) is 0 Å². The van der Waals surface area contributed by atoms with Crippen molar-refractivity contribution in [2.45, 2.75) is 11.8 Å². The average Bonchev–Trinajstić information content (AvgIpc) is 3.29. The first-order valence-electron chi connectivity index (χ1n) is 9.19. The maximum atomic E-state index is 12.9. The van der Waals surface area contributed by atoms with Crippen LogP contribution in [0, 0.1) is 0 Å². The molecule has 3 heterocycles. The van der Waals surface area contributed by atoms with E-state index in [0.29, 0.717) is 49.0 Å². The Morgan fingerprint density at radius 2 is 1.69 bits per heavy atom. The van der Waals surface area contributed by atoms with Crippen LogP contribution in [-0.2, 0) is 10.0 Å². The van der Waals surface area contributed by atoms with Crippen LogP contribution >= 0.6 is 0 Å². The van der Waals surface area contributed by atoms with Gasteiger partial charge in [-0.25, -0.2) is 8.42 Å². The standard InChI is InChI=1S/C20H20N4O4S/c1-15(25)16-4-6-17(7-5-16)29(26,27)24-12-10-23(11-13-24)20-9-8-18(21-22-20)19-3-2-14-28-19/h2-9,14H,10-13H2,1H3. The highest BCUT2D eigenvalue weighted by Gasteiger charge is 2.29. The highest BCUT2D eigenvalue weighted by atomic mass is 32.2. The molecule has 0 bridgehead atoms. The third-order valence-corrected chi connectivity index (χ3v) is 6.80. The van der Waals surface area contributed by atoms with E-state index in [4.69, 9.17) is 4.42 Å². The Bertz CT molecular complexity index is 1090. The van der Waals surface area contributed by atoms with Gasteiger partial charge in [0.2, 0.25) is 10.0 Å². The summed E-state index contributed by atoms with van der Waals surface area (Å²) in [6, 6.07) is 13.3. The van der Waals surface area contributed by atoms with E-state index in [1.165, 1.54) is 23.4 Å². The minimum absolute atomic E-state index is 0.0956. The molecule has 0 spiro atoms. The molecule has 0 saturated carbocycles. The van der Waals surface area contributed by atoms with Gasteiger partial charge in [0.05, 0.1) is 11.2 Å². The number of aromatic nitrogens is 2. The molecule has 0 amide bonds. The van der Waals surface area contributed by atoms with Gasteiger partial charge >= 0.3 is 0 Å². The Morgan fingerprint density at radius 1 is 0.966 bits per heavy atom. The van der Waals surface area contributed by atoms with Crippen molar-refractivity contribution in [1.82, 2.24) is 14.5 Å². The number of anilines is 1. The highest BCUT2D eigenvalue weighted by molar-refractivity contribution is 7.89. The van der Waals surface area contributed by atoms with E-state index < -0.39 is 10.0 Å². The molecule has 0 unspecified atom stereocenters. The van der Waals surface area contributed by atoms with Gasteiger partial charge in [-0.3, -0.25) is 4.79 Å². The molecule has 0 N–H and O–H groups in total. The zero-order valence-corrected chi connectivity index (χ0v) is 16.7. The molecule has 1 fully saturated rings. The van der Waals surface area contributed by atoms with E-state index in [0.717, 1.165) is 0 Å². The minimum Gasteiger partial charge on any atom is -0.463 e. The fourth-order valence-corrected chi connectivity index (χ4v) is 4.64. The van der Waals surface area contributed by atoms with Crippen molar-refractivity contribution in [3.05, 3.63) is 60.4 Å². The van der Waals surface area contributed by atoms with Crippen molar-refractivity contribution in [2.75, 3.05) is 31.1 Å². The summed E-state index contributed by atoms with van der Waals surface area (Å²) in [4.78, 5) is 13.6. The molecule has 8 nitrogen and oxygen atoms in total. The predicted octanol–water partition coefficient (Wildman–Crippen LogP) is 2.45. The van der Waals surface area contributed by atoms with Crippen LogP contribution in [0.25, 0.3) is 11.5 Å². The van der Waals surface area contributed by atoms with E-state index in [9.17, 15) is 13.2 Å². The zero-order chi connectivity index (χ0) is 20.4. The lowest BCUT2D eigenvalue weighted by Crippen LogP contribution is -2.49. The number of benzene rings is 1. The first kappa shape index (κ1) is 19.3. The molecule has 1 aliphatic heterocycles. The van der Waals surface area contributed by atoms with E-state index in [1.54, 1.807) is 24.5 Å². The van der Waals surface area contributed by atoms with E-state index in [1.807, 2.05) is 23.1 Å². The molecule has 0 radical (unpaired) electrons. The molecule has 0 aliphatic carbocycles. The van der Waals surface area contributed by atoms with E-state index in [2.05, 4.69) is 10.2 Å².